The molecule has 0 aliphatic heterocycles. The van der Waals surface area contributed by atoms with Crippen LogP contribution in [0.5, 0.6) is 0 Å². The summed E-state index contributed by atoms with van der Waals surface area (Å²) in [4.78, 5) is 0. The Labute approximate surface area is 114 Å². The minimum Gasteiger partial charge on any atom is -0.645 e. The van der Waals surface area contributed by atoms with E-state index in [0.29, 0.717) is 0 Å². The number of hydrogen-bond donors (Lipinski definition) is 0. The van der Waals surface area contributed by atoms with E-state index < -0.39 is 8.24 Å². The summed E-state index contributed by atoms with van der Waals surface area (Å²) in [5, 5.41) is 12.4. The summed E-state index contributed by atoms with van der Waals surface area (Å²) in [5.74, 6) is 0. The van der Waals surface area contributed by atoms with Gasteiger partial charge in [0.1, 0.15) is 5.71 Å². The molecule has 0 atom stereocenters. The second-order valence-electron chi connectivity index (χ2n) is 6.71. The van der Waals surface area contributed by atoms with Crippen molar-refractivity contribution in [3.63, 3.8) is 0 Å². The number of nitrogens with zero attached hydrogens (tertiary/aromatic N) is 1. The summed E-state index contributed by atoms with van der Waals surface area (Å²) in [6.07, 6.45) is 14.1. The molecule has 1 saturated carbocycles. The molecule has 0 aromatic heterocycles. The van der Waals surface area contributed by atoms with Crippen molar-refractivity contribution in [2.24, 2.45) is 0 Å². The van der Waals surface area contributed by atoms with Gasteiger partial charge in [-0.15, -0.1) is 0 Å². The maximum absolute atomic E-state index is 12.4. The van der Waals surface area contributed by atoms with E-state index in [2.05, 4.69) is 19.6 Å². The van der Waals surface area contributed by atoms with Crippen molar-refractivity contribution in [1.82, 2.24) is 0 Å². The maximum Gasteiger partial charge on any atom is 0.359 e. The van der Waals surface area contributed by atoms with Crippen LogP contribution in [-0.4, -0.2) is 18.4 Å². The molecule has 0 amide bonds. The lowest BCUT2D eigenvalue weighted by Gasteiger charge is -2.21. The SMILES string of the molecule is C[Si](C)(C)[N+]([O-])=C1CCCCCCCCCCC1. The minimum absolute atomic E-state index is 1.05. The molecule has 3 heteroatoms. The molecule has 0 unspecified atom stereocenters. The first-order valence-electron chi connectivity index (χ1n) is 7.84. The molecule has 18 heavy (non-hydrogen) atoms. The van der Waals surface area contributed by atoms with Crippen molar-refractivity contribution in [2.45, 2.75) is 90.3 Å². The zero-order valence-corrected chi connectivity index (χ0v) is 13.6. The van der Waals surface area contributed by atoms with Crippen molar-refractivity contribution in [2.75, 3.05) is 0 Å². The molecule has 1 aliphatic rings. The van der Waals surface area contributed by atoms with Crippen molar-refractivity contribution in [3.8, 4) is 0 Å². The predicted octanol–water partition coefficient (Wildman–Crippen LogP) is 5.08. The second-order valence-corrected chi connectivity index (χ2v) is 11.5. The van der Waals surface area contributed by atoms with Crippen LogP contribution in [-0.2, 0) is 0 Å². The van der Waals surface area contributed by atoms with Crippen LogP contribution < -0.4 is 0 Å². The normalized spacial score (nSPS) is 20.9. The highest BCUT2D eigenvalue weighted by Crippen LogP contribution is 2.16. The highest BCUT2D eigenvalue weighted by molar-refractivity contribution is 6.68. The van der Waals surface area contributed by atoms with Crippen molar-refractivity contribution >= 4 is 13.9 Å². The topological polar surface area (TPSA) is 26.1 Å². The molecular formula is C15H31NOSi. The molecule has 0 spiro atoms. The van der Waals surface area contributed by atoms with Gasteiger partial charge in [0.05, 0.1) is 0 Å². The van der Waals surface area contributed by atoms with Crippen LogP contribution in [0.1, 0.15) is 70.6 Å². The quantitative estimate of drug-likeness (QED) is 0.370. The van der Waals surface area contributed by atoms with Gasteiger partial charge in [-0.1, -0.05) is 44.9 Å². The van der Waals surface area contributed by atoms with Gasteiger partial charge < -0.3 is 5.21 Å². The highest BCUT2D eigenvalue weighted by Gasteiger charge is 2.28. The Morgan fingerprint density at radius 2 is 1.06 bits per heavy atom. The van der Waals surface area contributed by atoms with Crippen LogP contribution in [0.3, 0.4) is 0 Å². The lowest BCUT2D eigenvalue weighted by atomic mass is 10.00. The van der Waals surface area contributed by atoms with E-state index in [1.165, 1.54) is 67.9 Å². The van der Waals surface area contributed by atoms with E-state index in [-0.39, 0.29) is 0 Å². The molecule has 0 saturated heterocycles. The molecule has 0 radical (unpaired) electrons. The molecule has 1 aliphatic carbocycles. The summed E-state index contributed by atoms with van der Waals surface area (Å²) in [5.41, 5.74) is 1.20. The van der Waals surface area contributed by atoms with Gasteiger partial charge in [-0.2, -0.15) is 0 Å². The van der Waals surface area contributed by atoms with Gasteiger partial charge in [-0.3, -0.25) is 4.40 Å². The Hall–Kier alpha value is -0.313. The molecule has 0 aromatic carbocycles. The third kappa shape index (κ3) is 6.03. The molecule has 0 bridgehead atoms. The summed E-state index contributed by atoms with van der Waals surface area (Å²) in [6.45, 7) is 6.47. The Morgan fingerprint density at radius 3 is 1.39 bits per heavy atom. The molecule has 0 aromatic rings. The predicted molar refractivity (Wildman–Crippen MR) is 82.8 cm³/mol. The fourth-order valence-electron chi connectivity index (χ4n) is 2.70. The van der Waals surface area contributed by atoms with E-state index in [1.54, 1.807) is 0 Å². The Bertz CT molecular complexity index is 254. The lowest BCUT2D eigenvalue weighted by Crippen LogP contribution is -2.38. The van der Waals surface area contributed by atoms with Gasteiger partial charge in [0, 0.05) is 12.8 Å². The molecule has 1 fully saturated rings. The molecule has 0 N–H and O–H groups in total. The van der Waals surface area contributed by atoms with E-state index in [4.69, 9.17) is 0 Å². The Morgan fingerprint density at radius 1 is 0.722 bits per heavy atom. The summed E-state index contributed by atoms with van der Waals surface area (Å²) in [6, 6.07) is 0. The van der Waals surface area contributed by atoms with Gasteiger partial charge in [-0.05, 0) is 32.5 Å². The van der Waals surface area contributed by atoms with E-state index >= 15 is 0 Å². The van der Waals surface area contributed by atoms with Crippen LogP contribution in [0.2, 0.25) is 19.6 Å². The summed E-state index contributed by atoms with van der Waals surface area (Å²) >= 11 is 0. The first-order chi connectivity index (χ1) is 8.52. The molecule has 1 rings (SSSR count). The Kier molecular flexibility index (Phi) is 6.98. The first-order valence-corrected chi connectivity index (χ1v) is 11.3. The molecular weight excluding hydrogens is 238 g/mol. The maximum atomic E-state index is 12.4. The summed E-state index contributed by atoms with van der Waals surface area (Å²) in [7, 11) is -1.70. The molecule has 106 valence electrons. The third-order valence-corrected chi connectivity index (χ3v) is 5.36. The lowest BCUT2D eigenvalue weighted by molar-refractivity contribution is -0.319. The van der Waals surface area contributed by atoms with Gasteiger partial charge in [0.15, 0.2) is 0 Å². The average Bonchev–Trinajstić information content (AvgIpc) is 2.28. The fourth-order valence-corrected chi connectivity index (χ4v) is 3.87. The highest BCUT2D eigenvalue weighted by atomic mass is 28.3. The molecule has 2 nitrogen and oxygen atoms in total. The van der Waals surface area contributed by atoms with Crippen LogP contribution in [0, 0.1) is 5.21 Å². The number of rotatable bonds is 1. The second kappa shape index (κ2) is 7.98. The minimum atomic E-state index is -1.70. The zero-order valence-electron chi connectivity index (χ0n) is 12.6. The van der Waals surface area contributed by atoms with Gasteiger partial charge in [-0.25, -0.2) is 0 Å². The van der Waals surface area contributed by atoms with Gasteiger partial charge in [0.2, 0.25) is 0 Å². The Balaban J connectivity index is 2.61. The smallest absolute Gasteiger partial charge is 0.359 e. The van der Waals surface area contributed by atoms with Gasteiger partial charge >= 0.3 is 8.24 Å². The van der Waals surface area contributed by atoms with Crippen molar-refractivity contribution in [3.05, 3.63) is 5.21 Å². The van der Waals surface area contributed by atoms with E-state index in [0.717, 1.165) is 12.8 Å². The third-order valence-electron chi connectivity index (χ3n) is 3.83. The van der Waals surface area contributed by atoms with Crippen LogP contribution in [0.4, 0.5) is 0 Å². The monoisotopic (exact) mass is 269 g/mol. The summed E-state index contributed by atoms with van der Waals surface area (Å²) < 4.78 is 1.43. The average molecular weight is 270 g/mol. The van der Waals surface area contributed by atoms with E-state index in [1.807, 2.05) is 0 Å². The van der Waals surface area contributed by atoms with Crippen LogP contribution in [0.15, 0.2) is 0 Å². The zero-order chi connectivity index (χ0) is 13.4. The number of hydrogen-bond acceptors (Lipinski definition) is 1. The van der Waals surface area contributed by atoms with Crippen LogP contribution in [0.25, 0.3) is 0 Å². The van der Waals surface area contributed by atoms with Crippen molar-refractivity contribution < 1.29 is 4.40 Å². The van der Waals surface area contributed by atoms with Crippen molar-refractivity contribution in [1.29, 1.82) is 0 Å². The van der Waals surface area contributed by atoms with E-state index in [9.17, 15) is 5.21 Å². The fraction of sp³-hybridized carbons (Fsp3) is 0.933. The van der Waals surface area contributed by atoms with Crippen LogP contribution >= 0.6 is 0 Å². The largest absolute Gasteiger partial charge is 0.645 e. The molecule has 0 heterocycles. The van der Waals surface area contributed by atoms with Gasteiger partial charge in [0.25, 0.3) is 0 Å². The first kappa shape index (κ1) is 15.7. The standard InChI is InChI=1S/C15H31NOSi/c1-18(2,3)16(17)15-13-11-9-7-5-4-6-8-10-12-14-15/h4-14H2,1-3H3.